The Labute approximate surface area is 200 Å². The molecule has 3 aromatic rings. The van der Waals surface area contributed by atoms with E-state index < -0.39 is 15.6 Å². The van der Waals surface area contributed by atoms with Crippen molar-refractivity contribution in [2.75, 3.05) is 19.7 Å². The summed E-state index contributed by atoms with van der Waals surface area (Å²) in [7, 11) is -3.75. The molecule has 1 aromatic carbocycles. The minimum Gasteiger partial charge on any atom is -0.494 e. The van der Waals surface area contributed by atoms with Gasteiger partial charge in [0, 0.05) is 48.0 Å². The molecule has 0 spiro atoms. The van der Waals surface area contributed by atoms with Gasteiger partial charge in [-0.05, 0) is 57.2 Å². The maximum Gasteiger partial charge on any atom is 0.251 e. The van der Waals surface area contributed by atoms with Crippen LogP contribution in [0.3, 0.4) is 0 Å². The van der Waals surface area contributed by atoms with E-state index in [9.17, 15) is 18.0 Å². The number of rotatable bonds is 10. The Bertz CT molecular complexity index is 1330. The van der Waals surface area contributed by atoms with Crippen LogP contribution in [0, 0.1) is 13.8 Å². The zero-order chi connectivity index (χ0) is 25.0. The molecule has 0 aliphatic carbocycles. The van der Waals surface area contributed by atoms with Crippen LogP contribution in [0.4, 0.5) is 0 Å². The first kappa shape index (κ1) is 25.5. The highest BCUT2D eigenvalue weighted by molar-refractivity contribution is 7.89. The number of Topliss-reactive ketones (excluding diaryl/α,β-unsaturated/α-hetero) is 1. The van der Waals surface area contributed by atoms with E-state index >= 15 is 0 Å². The fourth-order valence-electron chi connectivity index (χ4n) is 4.04. The number of sulfonamides is 1. The van der Waals surface area contributed by atoms with Gasteiger partial charge in [0.1, 0.15) is 5.75 Å². The summed E-state index contributed by atoms with van der Waals surface area (Å²) in [6.07, 6.45) is 1.25. The second-order valence-electron chi connectivity index (χ2n) is 7.89. The molecule has 34 heavy (non-hydrogen) atoms. The van der Waals surface area contributed by atoms with Gasteiger partial charge >= 0.3 is 0 Å². The molecule has 0 aliphatic heterocycles. The summed E-state index contributed by atoms with van der Waals surface area (Å²) in [5, 5.41) is 0. The molecule has 0 fully saturated rings. The molecular formula is C25H31N3O5S. The number of carbonyl (C=O) groups is 1. The number of benzene rings is 1. The smallest absolute Gasteiger partial charge is 0.251 e. The first-order chi connectivity index (χ1) is 16.1. The first-order valence-electron chi connectivity index (χ1n) is 11.3. The van der Waals surface area contributed by atoms with Gasteiger partial charge in [-0.1, -0.05) is 13.8 Å². The Morgan fingerprint density at radius 2 is 1.65 bits per heavy atom. The number of aromatic nitrogens is 2. The Kier molecular flexibility index (Phi) is 7.78. The van der Waals surface area contributed by atoms with Crippen LogP contribution < -0.4 is 10.3 Å². The lowest BCUT2D eigenvalue weighted by molar-refractivity contribution is 0.0970. The summed E-state index contributed by atoms with van der Waals surface area (Å²) in [4.78, 5) is 25.6. The lowest BCUT2D eigenvalue weighted by Crippen LogP contribution is -2.32. The number of pyridine rings is 1. The van der Waals surface area contributed by atoms with E-state index in [1.807, 2.05) is 49.6 Å². The third kappa shape index (κ3) is 5.00. The third-order valence-corrected chi connectivity index (χ3v) is 7.78. The number of nitrogens with zero attached hydrogens (tertiary/aromatic N) is 3. The van der Waals surface area contributed by atoms with E-state index in [4.69, 9.17) is 4.74 Å². The van der Waals surface area contributed by atoms with Gasteiger partial charge in [0.05, 0.1) is 18.0 Å². The average molecular weight is 486 g/mol. The summed E-state index contributed by atoms with van der Waals surface area (Å²) in [5.74, 6) is 0.494. The van der Waals surface area contributed by atoms with Gasteiger partial charge in [0.15, 0.2) is 5.78 Å². The zero-order valence-electron chi connectivity index (χ0n) is 20.2. The summed E-state index contributed by atoms with van der Waals surface area (Å²) in [5.41, 5.74) is 2.55. The Hall–Kier alpha value is -3.17. The predicted molar refractivity (Wildman–Crippen MR) is 132 cm³/mol. The van der Waals surface area contributed by atoms with Crippen LogP contribution in [0.2, 0.25) is 0 Å². The van der Waals surface area contributed by atoms with Crippen molar-refractivity contribution in [1.82, 2.24) is 13.4 Å². The van der Waals surface area contributed by atoms with E-state index in [2.05, 4.69) is 0 Å². The number of carbonyl (C=O) groups excluding carboxylic acids is 1. The number of ether oxygens (including phenoxy) is 1. The molecule has 0 aliphatic rings. The molecule has 3 rings (SSSR count). The molecule has 2 heterocycles. The fourth-order valence-corrected chi connectivity index (χ4v) is 5.52. The van der Waals surface area contributed by atoms with E-state index in [1.165, 1.54) is 22.6 Å². The van der Waals surface area contributed by atoms with Crippen molar-refractivity contribution in [3.63, 3.8) is 0 Å². The minimum absolute atomic E-state index is 0.0107. The van der Waals surface area contributed by atoms with Crippen molar-refractivity contribution in [1.29, 1.82) is 0 Å². The molecular weight excluding hydrogens is 454 g/mol. The SMILES string of the molecule is CCOc1ccc(-n2c(C)cc(C(=O)Cn3cc(S(=O)(=O)N(CC)CC)ccc3=O)c2C)cc1. The van der Waals surface area contributed by atoms with E-state index in [0.717, 1.165) is 27.4 Å². The van der Waals surface area contributed by atoms with Crippen LogP contribution in [0.1, 0.15) is 42.5 Å². The quantitative estimate of drug-likeness (QED) is 0.410. The molecule has 0 unspecified atom stereocenters. The third-order valence-electron chi connectivity index (χ3n) is 5.75. The highest BCUT2D eigenvalue weighted by atomic mass is 32.2. The maximum absolute atomic E-state index is 13.2. The number of hydrogen-bond acceptors (Lipinski definition) is 5. The molecule has 0 amide bonds. The lowest BCUT2D eigenvalue weighted by Gasteiger charge is -2.19. The van der Waals surface area contributed by atoms with Crippen LogP contribution in [0.5, 0.6) is 5.75 Å². The zero-order valence-corrected chi connectivity index (χ0v) is 21.1. The van der Waals surface area contributed by atoms with Crippen molar-refractivity contribution in [3.05, 3.63) is 76.0 Å². The van der Waals surface area contributed by atoms with Crippen molar-refractivity contribution < 1.29 is 17.9 Å². The molecule has 9 heteroatoms. The molecule has 0 bridgehead atoms. The average Bonchev–Trinajstić information content (AvgIpc) is 3.10. The van der Waals surface area contributed by atoms with Gasteiger partial charge in [0.25, 0.3) is 5.56 Å². The highest BCUT2D eigenvalue weighted by Gasteiger charge is 2.23. The summed E-state index contributed by atoms with van der Waals surface area (Å²) in [6.45, 7) is 10.1. The lowest BCUT2D eigenvalue weighted by atomic mass is 10.1. The second-order valence-corrected chi connectivity index (χ2v) is 9.83. The number of aryl methyl sites for hydroxylation is 1. The van der Waals surface area contributed by atoms with Gasteiger partial charge in [-0.25, -0.2) is 8.42 Å². The summed E-state index contributed by atoms with van der Waals surface area (Å²) in [6, 6.07) is 11.9. The number of ketones is 1. The Morgan fingerprint density at radius 3 is 2.24 bits per heavy atom. The van der Waals surface area contributed by atoms with Crippen LogP contribution in [-0.4, -0.2) is 47.3 Å². The van der Waals surface area contributed by atoms with Crippen molar-refractivity contribution in [2.45, 2.75) is 46.1 Å². The van der Waals surface area contributed by atoms with Crippen LogP contribution in [-0.2, 0) is 16.6 Å². The Morgan fingerprint density at radius 1 is 1.00 bits per heavy atom. The molecule has 2 aromatic heterocycles. The molecule has 0 saturated carbocycles. The normalized spacial score (nSPS) is 11.7. The largest absolute Gasteiger partial charge is 0.494 e. The van der Waals surface area contributed by atoms with Crippen LogP contribution in [0.25, 0.3) is 5.69 Å². The molecule has 0 N–H and O–H groups in total. The predicted octanol–water partition coefficient (Wildman–Crippen LogP) is 3.57. The molecule has 182 valence electrons. The minimum atomic E-state index is -3.75. The van der Waals surface area contributed by atoms with E-state index in [-0.39, 0.29) is 17.2 Å². The van der Waals surface area contributed by atoms with Gasteiger partial charge in [-0.2, -0.15) is 4.31 Å². The maximum atomic E-state index is 13.2. The fraction of sp³-hybridized carbons (Fsp3) is 0.360. The van der Waals surface area contributed by atoms with Gasteiger partial charge in [-0.3, -0.25) is 9.59 Å². The summed E-state index contributed by atoms with van der Waals surface area (Å²) >= 11 is 0. The van der Waals surface area contributed by atoms with Gasteiger partial charge in [-0.15, -0.1) is 0 Å². The van der Waals surface area contributed by atoms with Crippen molar-refractivity contribution in [2.24, 2.45) is 0 Å². The second kappa shape index (κ2) is 10.4. The van der Waals surface area contributed by atoms with Crippen LogP contribution in [0.15, 0.2) is 58.4 Å². The first-order valence-corrected chi connectivity index (χ1v) is 12.7. The standard InChI is InChI=1S/C25H31N3O5S/c1-6-27(7-2)34(31,32)22-13-14-25(30)26(16-22)17-24(29)23-15-18(4)28(19(23)5)20-9-11-21(12-10-20)33-8-3/h9-16H,6-8,17H2,1-5H3. The molecule has 0 saturated heterocycles. The monoisotopic (exact) mass is 485 g/mol. The van der Waals surface area contributed by atoms with Crippen molar-refractivity contribution >= 4 is 15.8 Å². The van der Waals surface area contributed by atoms with Crippen molar-refractivity contribution in [3.8, 4) is 11.4 Å². The summed E-state index contributed by atoms with van der Waals surface area (Å²) < 4.78 is 35.6. The highest BCUT2D eigenvalue weighted by Crippen LogP contribution is 2.24. The number of hydrogen-bond donors (Lipinski definition) is 0. The molecule has 0 radical (unpaired) electrons. The van der Waals surface area contributed by atoms with Gasteiger partial charge in [0.2, 0.25) is 10.0 Å². The molecule has 8 nitrogen and oxygen atoms in total. The van der Waals surface area contributed by atoms with Crippen LogP contribution >= 0.6 is 0 Å². The van der Waals surface area contributed by atoms with Gasteiger partial charge < -0.3 is 13.9 Å². The topological polar surface area (TPSA) is 90.6 Å². The Balaban J connectivity index is 1.92. The molecule has 0 atom stereocenters. The van der Waals surface area contributed by atoms with E-state index in [1.54, 1.807) is 19.9 Å². The van der Waals surface area contributed by atoms with E-state index in [0.29, 0.717) is 25.3 Å².